The lowest BCUT2D eigenvalue weighted by Crippen LogP contribution is -2.40. The van der Waals surface area contributed by atoms with E-state index in [0.29, 0.717) is 32.2 Å². The fraction of sp³-hybridized carbons (Fsp3) is 0.529. The van der Waals surface area contributed by atoms with E-state index >= 15 is 0 Å². The molecular formula is C17H25N3O4S. The van der Waals surface area contributed by atoms with Gasteiger partial charge in [-0.15, -0.1) is 0 Å². The molecule has 1 aliphatic rings. The van der Waals surface area contributed by atoms with Gasteiger partial charge < -0.3 is 4.74 Å². The Morgan fingerprint density at radius 3 is 2.64 bits per heavy atom. The second-order valence-electron chi connectivity index (χ2n) is 5.84. The molecule has 0 aliphatic carbocycles. The van der Waals surface area contributed by atoms with Crippen LogP contribution >= 0.6 is 0 Å². The first kappa shape index (κ1) is 19.6. The van der Waals surface area contributed by atoms with Crippen molar-refractivity contribution in [3.05, 3.63) is 29.8 Å². The van der Waals surface area contributed by atoms with Crippen LogP contribution < -0.4 is 5.43 Å². The number of carbonyl (C=O) groups excluding carboxylic acids is 1. The molecule has 138 valence electrons. The number of rotatable bonds is 7. The van der Waals surface area contributed by atoms with Gasteiger partial charge in [0, 0.05) is 24.9 Å². The molecule has 0 radical (unpaired) electrons. The maximum absolute atomic E-state index is 12.7. The average molecular weight is 367 g/mol. The summed E-state index contributed by atoms with van der Waals surface area (Å²) >= 11 is 0. The predicted molar refractivity (Wildman–Crippen MR) is 96.1 cm³/mol. The van der Waals surface area contributed by atoms with Crippen molar-refractivity contribution in [1.29, 1.82) is 0 Å². The maximum Gasteiger partial charge on any atom is 0.271 e. The van der Waals surface area contributed by atoms with E-state index in [9.17, 15) is 13.2 Å². The maximum atomic E-state index is 12.7. The normalized spacial score (nSPS) is 16.4. The van der Waals surface area contributed by atoms with Crippen LogP contribution in [0.25, 0.3) is 0 Å². The van der Waals surface area contributed by atoms with Gasteiger partial charge in [0.2, 0.25) is 10.0 Å². The molecule has 7 nitrogen and oxygen atoms in total. The van der Waals surface area contributed by atoms with Crippen molar-refractivity contribution in [1.82, 2.24) is 9.73 Å². The Balaban J connectivity index is 2.11. The molecule has 1 saturated heterocycles. The predicted octanol–water partition coefficient (Wildman–Crippen LogP) is 1.86. The summed E-state index contributed by atoms with van der Waals surface area (Å²) in [7, 11) is -3.62. The first-order valence-corrected chi connectivity index (χ1v) is 9.94. The number of morpholine rings is 1. The van der Waals surface area contributed by atoms with Crippen molar-refractivity contribution >= 4 is 22.1 Å². The largest absolute Gasteiger partial charge is 0.379 e. The Bertz CT molecular complexity index is 708. The van der Waals surface area contributed by atoms with Crippen LogP contribution in [0, 0.1) is 5.92 Å². The molecule has 1 N–H and O–H groups in total. The number of hydrogen-bond donors (Lipinski definition) is 1. The molecule has 1 aromatic rings. The molecule has 1 amide bonds. The Hall–Kier alpha value is -1.77. The molecule has 0 bridgehead atoms. The van der Waals surface area contributed by atoms with Gasteiger partial charge in [0.15, 0.2) is 0 Å². The summed E-state index contributed by atoms with van der Waals surface area (Å²) in [5.74, 6) is -0.116. The standard InChI is InChI=1S/C17H25N3O4S/c1-3-14(4-2)13-18-19-17(21)15-6-5-7-16(12-15)25(22,23)20-8-10-24-11-9-20/h5-7,12-14H,3-4,8-11H2,1-2H3,(H,19,21)/b18-13-. The number of nitrogens with zero attached hydrogens (tertiary/aromatic N) is 2. The summed E-state index contributed by atoms with van der Waals surface area (Å²) in [4.78, 5) is 12.3. The van der Waals surface area contributed by atoms with Gasteiger partial charge in [-0.2, -0.15) is 9.41 Å². The molecule has 8 heteroatoms. The molecular weight excluding hydrogens is 342 g/mol. The molecule has 1 aliphatic heterocycles. The molecule has 0 spiro atoms. The summed E-state index contributed by atoms with van der Waals surface area (Å²) in [6.45, 7) is 5.51. The Kier molecular flexibility index (Phi) is 7.10. The van der Waals surface area contributed by atoms with Crippen molar-refractivity contribution in [2.45, 2.75) is 31.6 Å². The van der Waals surface area contributed by atoms with E-state index in [1.165, 1.54) is 16.4 Å². The van der Waals surface area contributed by atoms with Gasteiger partial charge in [-0.05, 0) is 37.0 Å². The third-order valence-electron chi connectivity index (χ3n) is 4.20. The van der Waals surface area contributed by atoms with Gasteiger partial charge in [0.05, 0.1) is 18.1 Å². The number of sulfonamides is 1. The molecule has 0 unspecified atom stereocenters. The van der Waals surface area contributed by atoms with Crippen LogP contribution in [-0.4, -0.2) is 51.1 Å². The molecule has 1 fully saturated rings. The summed E-state index contributed by atoms with van der Waals surface area (Å²) in [6.07, 6.45) is 3.61. The summed E-state index contributed by atoms with van der Waals surface area (Å²) < 4.78 is 31.9. The third kappa shape index (κ3) is 5.10. The van der Waals surface area contributed by atoms with E-state index in [-0.39, 0.29) is 10.5 Å². The fourth-order valence-electron chi connectivity index (χ4n) is 2.50. The first-order chi connectivity index (χ1) is 12.0. The average Bonchev–Trinajstić information content (AvgIpc) is 2.66. The van der Waals surface area contributed by atoms with Crippen LogP contribution in [0.4, 0.5) is 0 Å². The number of hydrazone groups is 1. The highest BCUT2D eigenvalue weighted by Crippen LogP contribution is 2.18. The SMILES string of the molecule is CCC(/C=N\NC(=O)c1cccc(S(=O)(=O)N2CCOCC2)c1)CC. The highest BCUT2D eigenvalue weighted by Gasteiger charge is 2.26. The number of amides is 1. The van der Waals surface area contributed by atoms with Crippen molar-refractivity contribution in [2.24, 2.45) is 11.0 Å². The molecule has 0 saturated carbocycles. The van der Waals surface area contributed by atoms with Crippen LogP contribution in [0.3, 0.4) is 0 Å². The number of ether oxygens (including phenoxy) is 1. The smallest absolute Gasteiger partial charge is 0.271 e. The second-order valence-corrected chi connectivity index (χ2v) is 7.78. The fourth-order valence-corrected chi connectivity index (χ4v) is 3.95. The minimum atomic E-state index is -3.62. The van der Waals surface area contributed by atoms with Crippen LogP contribution in [0.1, 0.15) is 37.0 Å². The van der Waals surface area contributed by atoms with Crippen LogP contribution in [-0.2, 0) is 14.8 Å². The zero-order chi connectivity index (χ0) is 18.3. The van der Waals surface area contributed by atoms with Gasteiger partial charge >= 0.3 is 0 Å². The van der Waals surface area contributed by atoms with E-state index in [4.69, 9.17) is 4.74 Å². The molecule has 1 heterocycles. The van der Waals surface area contributed by atoms with Gasteiger partial charge in [-0.3, -0.25) is 4.79 Å². The van der Waals surface area contributed by atoms with Crippen LogP contribution in [0.15, 0.2) is 34.3 Å². The van der Waals surface area contributed by atoms with Crippen LogP contribution in [0.5, 0.6) is 0 Å². The summed E-state index contributed by atoms with van der Waals surface area (Å²) in [6, 6.07) is 6.01. The van der Waals surface area contributed by atoms with Crippen molar-refractivity contribution in [2.75, 3.05) is 26.3 Å². The van der Waals surface area contributed by atoms with E-state index in [1.807, 2.05) is 0 Å². The minimum absolute atomic E-state index is 0.103. The molecule has 1 aromatic carbocycles. The van der Waals surface area contributed by atoms with Crippen molar-refractivity contribution in [3.8, 4) is 0 Å². The van der Waals surface area contributed by atoms with Gasteiger partial charge in [-0.1, -0.05) is 19.9 Å². The number of hydrogen-bond acceptors (Lipinski definition) is 5. The first-order valence-electron chi connectivity index (χ1n) is 8.50. The second kappa shape index (κ2) is 9.07. The number of carbonyl (C=O) groups is 1. The summed E-state index contributed by atoms with van der Waals surface area (Å²) in [5.41, 5.74) is 2.72. The highest BCUT2D eigenvalue weighted by atomic mass is 32.2. The lowest BCUT2D eigenvalue weighted by Gasteiger charge is -2.26. The van der Waals surface area contributed by atoms with E-state index in [1.54, 1.807) is 18.3 Å². The molecule has 0 atom stereocenters. The zero-order valence-corrected chi connectivity index (χ0v) is 15.5. The monoisotopic (exact) mass is 367 g/mol. The van der Waals surface area contributed by atoms with E-state index in [2.05, 4.69) is 24.4 Å². The quantitative estimate of drug-likeness (QED) is 0.588. The lowest BCUT2D eigenvalue weighted by molar-refractivity contribution is 0.0730. The number of benzene rings is 1. The van der Waals surface area contributed by atoms with Crippen molar-refractivity contribution in [3.63, 3.8) is 0 Å². The van der Waals surface area contributed by atoms with Gasteiger partial charge in [-0.25, -0.2) is 13.8 Å². The van der Waals surface area contributed by atoms with E-state index < -0.39 is 15.9 Å². The van der Waals surface area contributed by atoms with E-state index in [0.717, 1.165) is 12.8 Å². The zero-order valence-electron chi connectivity index (χ0n) is 14.6. The Morgan fingerprint density at radius 1 is 1.32 bits per heavy atom. The van der Waals surface area contributed by atoms with Gasteiger partial charge in [0.1, 0.15) is 0 Å². The Morgan fingerprint density at radius 2 is 2.00 bits per heavy atom. The Labute approximate surface area is 149 Å². The minimum Gasteiger partial charge on any atom is -0.379 e. The molecule has 0 aromatic heterocycles. The van der Waals surface area contributed by atoms with Gasteiger partial charge in [0.25, 0.3) is 5.91 Å². The lowest BCUT2D eigenvalue weighted by atomic mass is 10.1. The third-order valence-corrected chi connectivity index (χ3v) is 6.10. The number of nitrogens with one attached hydrogen (secondary N) is 1. The molecule has 25 heavy (non-hydrogen) atoms. The summed E-state index contributed by atoms with van der Waals surface area (Å²) in [5, 5.41) is 3.97. The topological polar surface area (TPSA) is 88.1 Å². The van der Waals surface area contributed by atoms with Crippen molar-refractivity contribution < 1.29 is 17.9 Å². The highest BCUT2D eigenvalue weighted by molar-refractivity contribution is 7.89. The molecule has 2 rings (SSSR count). The van der Waals surface area contributed by atoms with Crippen LogP contribution in [0.2, 0.25) is 0 Å².